The minimum absolute atomic E-state index is 0.126. The van der Waals surface area contributed by atoms with Crippen LogP contribution < -0.4 is 10.0 Å². The summed E-state index contributed by atoms with van der Waals surface area (Å²) in [6.45, 7) is 12.1. The van der Waals surface area contributed by atoms with E-state index in [0.717, 1.165) is 28.1 Å². The number of hydrogen-bond donors (Lipinski definition) is 0. The Morgan fingerprint density at radius 2 is 0.947 bits per heavy atom. The highest BCUT2D eigenvalue weighted by molar-refractivity contribution is 6.19. The summed E-state index contributed by atoms with van der Waals surface area (Å²) in [5.41, 5.74) is 7.21. The minimum Gasteiger partial charge on any atom is -0.272 e. The van der Waals surface area contributed by atoms with Gasteiger partial charge in [0.2, 0.25) is 0 Å². The van der Waals surface area contributed by atoms with E-state index in [2.05, 4.69) is 48.3 Å². The van der Waals surface area contributed by atoms with Crippen molar-refractivity contribution in [3.8, 4) is 0 Å². The topological polar surface area (TPSA) is 65.3 Å². The second kappa shape index (κ2) is 10.0. The highest BCUT2D eigenvalue weighted by Crippen LogP contribution is 2.43. The van der Waals surface area contributed by atoms with Gasteiger partial charge in [0.05, 0.1) is 23.2 Å². The van der Waals surface area contributed by atoms with Crippen LogP contribution in [0.2, 0.25) is 0 Å². The first-order valence-corrected chi connectivity index (χ1v) is 13.2. The van der Waals surface area contributed by atoms with Crippen LogP contribution in [-0.2, 0) is 9.59 Å². The highest BCUT2D eigenvalue weighted by atomic mass is 16.2. The molecule has 2 aliphatic rings. The predicted octanol–water partition coefficient (Wildman–Crippen LogP) is 6.59. The van der Waals surface area contributed by atoms with Gasteiger partial charge in [0.25, 0.3) is 11.8 Å². The molecule has 2 amide bonds. The van der Waals surface area contributed by atoms with Gasteiger partial charge in [-0.15, -0.1) is 0 Å². The van der Waals surface area contributed by atoms with Crippen molar-refractivity contribution in [2.75, 3.05) is 10.0 Å². The largest absolute Gasteiger partial charge is 0.272 e. The van der Waals surface area contributed by atoms with Crippen molar-refractivity contribution >= 4 is 34.6 Å². The molecule has 38 heavy (non-hydrogen) atoms. The van der Waals surface area contributed by atoms with E-state index >= 15 is 0 Å². The maximum absolute atomic E-state index is 14.0. The van der Waals surface area contributed by atoms with Gasteiger partial charge in [-0.3, -0.25) is 9.59 Å². The van der Waals surface area contributed by atoms with E-state index in [1.165, 1.54) is 15.6 Å². The highest BCUT2D eigenvalue weighted by Gasteiger charge is 2.50. The molecule has 3 aromatic carbocycles. The van der Waals surface area contributed by atoms with E-state index in [9.17, 15) is 9.59 Å². The fourth-order valence-electron chi connectivity index (χ4n) is 5.41. The van der Waals surface area contributed by atoms with Crippen LogP contribution in [0.4, 0.5) is 11.4 Å². The maximum Gasteiger partial charge on any atom is 0.256 e. The minimum atomic E-state index is -0.585. The Kier molecular flexibility index (Phi) is 6.74. The maximum atomic E-state index is 14.0. The number of hydrazone groups is 2. The van der Waals surface area contributed by atoms with Gasteiger partial charge in [-0.2, -0.15) is 10.2 Å². The van der Waals surface area contributed by atoms with Crippen LogP contribution >= 0.6 is 0 Å². The number of rotatable bonds is 6. The fraction of sp³-hybridized carbons (Fsp3) is 0.312. The third-order valence-electron chi connectivity index (χ3n) is 7.63. The summed E-state index contributed by atoms with van der Waals surface area (Å²) in [4.78, 5) is 28.0. The molecule has 2 atom stereocenters. The lowest BCUT2D eigenvalue weighted by Crippen LogP contribution is -2.40. The second-order valence-corrected chi connectivity index (χ2v) is 10.8. The third-order valence-corrected chi connectivity index (χ3v) is 7.63. The molecule has 0 fully saturated rings. The van der Waals surface area contributed by atoms with Gasteiger partial charge < -0.3 is 0 Å². The number of anilines is 2. The molecule has 0 bridgehead atoms. The van der Waals surface area contributed by atoms with Crippen LogP contribution in [0.3, 0.4) is 0 Å². The number of benzene rings is 3. The zero-order valence-corrected chi connectivity index (χ0v) is 22.8. The number of amides is 2. The quantitative estimate of drug-likeness (QED) is 0.379. The summed E-state index contributed by atoms with van der Waals surface area (Å²) in [5, 5.41) is 12.3. The average molecular weight is 507 g/mol. The van der Waals surface area contributed by atoms with Crippen LogP contribution in [0.25, 0.3) is 0 Å². The Bertz CT molecular complexity index is 1330. The Labute approximate surface area is 224 Å². The van der Waals surface area contributed by atoms with E-state index < -0.39 is 17.8 Å². The lowest BCUT2D eigenvalue weighted by Gasteiger charge is -2.29. The molecule has 2 heterocycles. The summed E-state index contributed by atoms with van der Waals surface area (Å²) in [6, 6.07) is 23.8. The zero-order valence-electron chi connectivity index (χ0n) is 22.8. The lowest BCUT2D eigenvalue weighted by molar-refractivity contribution is -0.122. The van der Waals surface area contributed by atoms with Gasteiger partial charge in [0.15, 0.2) is 0 Å². The molecule has 6 heteroatoms. The van der Waals surface area contributed by atoms with E-state index in [0.29, 0.717) is 17.3 Å². The Hall–Kier alpha value is -4.06. The Morgan fingerprint density at radius 1 is 0.579 bits per heavy atom. The molecule has 2 aliphatic heterocycles. The SMILES string of the molecule is CC1=NN(c2ccc(C)cc2)C(=O)C1C(c1ccc(C(C)C)cc1)C1C(=O)N(c2ccc(C)cc2)N=C1C. The van der Waals surface area contributed by atoms with Gasteiger partial charge in [0.1, 0.15) is 0 Å². The molecule has 3 aromatic rings. The summed E-state index contributed by atoms with van der Waals surface area (Å²) in [7, 11) is 0. The first-order valence-electron chi connectivity index (χ1n) is 13.2. The van der Waals surface area contributed by atoms with E-state index in [1.54, 1.807) is 0 Å². The monoisotopic (exact) mass is 506 g/mol. The molecular weight excluding hydrogens is 472 g/mol. The smallest absolute Gasteiger partial charge is 0.256 e. The van der Waals surface area contributed by atoms with Gasteiger partial charge in [-0.05, 0) is 69.0 Å². The van der Waals surface area contributed by atoms with Crippen molar-refractivity contribution in [2.24, 2.45) is 22.0 Å². The van der Waals surface area contributed by atoms with Crippen LogP contribution in [0.5, 0.6) is 0 Å². The summed E-state index contributed by atoms with van der Waals surface area (Å²) in [6.07, 6.45) is 0. The van der Waals surface area contributed by atoms with Crippen LogP contribution in [0.15, 0.2) is 83.0 Å². The van der Waals surface area contributed by atoms with Gasteiger partial charge in [0, 0.05) is 17.3 Å². The molecule has 0 aliphatic carbocycles. The lowest BCUT2D eigenvalue weighted by atomic mass is 9.72. The molecule has 0 spiro atoms. The number of carbonyl (C=O) groups is 2. The summed E-state index contributed by atoms with van der Waals surface area (Å²) >= 11 is 0. The van der Waals surface area contributed by atoms with Crippen LogP contribution in [-0.4, -0.2) is 23.2 Å². The normalized spacial score (nSPS) is 20.3. The van der Waals surface area contributed by atoms with Gasteiger partial charge in [-0.25, -0.2) is 10.0 Å². The molecule has 0 radical (unpaired) electrons. The molecule has 0 aromatic heterocycles. The Morgan fingerprint density at radius 3 is 1.32 bits per heavy atom. The number of nitrogens with zero attached hydrogens (tertiary/aromatic N) is 4. The van der Waals surface area contributed by atoms with Crippen molar-refractivity contribution in [3.05, 3.63) is 95.1 Å². The first-order chi connectivity index (χ1) is 18.2. The number of carbonyl (C=O) groups excluding carboxylic acids is 2. The first kappa shape index (κ1) is 25.6. The fourth-order valence-corrected chi connectivity index (χ4v) is 5.41. The molecule has 6 nitrogen and oxygen atoms in total. The van der Waals surface area contributed by atoms with Crippen LogP contribution in [0.1, 0.15) is 61.8 Å². The van der Waals surface area contributed by atoms with E-state index in [-0.39, 0.29) is 11.8 Å². The van der Waals surface area contributed by atoms with Crippen LogP contribution in [0, 0.1) is 25.7 Å². The van der Waals surface area contributed by atoms with Crippen molar-refractivity contribution in [1.82, 2.24) is 0 Å². The zero-order chi connectivity index (χ0) is 27.1. The van der Waals surface area contributed by atoms with Gasteiger partial charge >= 0.3 is 0 Å². The molecule has 0 saturated carbocycles. The average Bonchev–Trinajstić information content (AvgIpc) is 3.36. The van der Waals surface area contributed by atoms with E-state index in [1.807, 2.05) is 76.2 Å². The Balaban J connectivity index is 1.56. The summed E-state index contributed by atoms with van der Waals surface area (Å²) < 4.78 is 0. The van der Waals surface area contributed by atoms with Crippen molar-refractivity contribution in [2.45, 2.75) is 53.4 Å². The molecule has 5 rings (SSSR count). The third kappa shape index (κ3) is 4.55. The summed E-state index contributed by atoms with van der Waals surface area (Å²) in [5.74, 6) is -1.48. The number of hydrogen-bond acceptors (Lipinski definition) is 4. The van der Waals surface area contributed by atoms with E-state index in [4.69, 9.17) is 0 Å². The second-order valence-electron chi connectivity index (χ2n) is 10.8. The molecule has 194 valence electrons. The van der Waals surface area contributed by atoms with Crippen molar-refractivity contribution in [3.63, 3.8) is 0 Å². The molecule has 0 N–H and O–H groups in total. The molecule has 2 unspecified atom stereocenters. The van der Waals surface area contributed by atoms with Gasteiger partial charge in [-0.1, -0.05) is 73.5 Å². The predicted molar refractivity (Wildman–Crippen MR) is 154 cm³/mol. The molecule has 0 saturated heterocycles. The number of aryl methyl sites for hydroxylation is 2. The molecular formula is C32H34N4O2. The van der Waals surface area contributed by atoms with Crippen molar-refractivity contribution in [1.29, 1.82) is 0 Å². The standard InChI is InChI=1S/C32H34N4O2/c1-19(2)24-11-13-25(14-12-24)30(28-22(5)33-35(31(28)37)26-15-7-20(3)8-16-26)29-23(6)34-36(32(29)38)27-17-9-21(4)10-18-27/h7-19,28-30H,1-6H3. The van der Waals surface area contributed by atoms with Crippen molar-refractivity contribution < 1.29 is 9.59 Å².